The lowest BCUT2D eigenvalue weighted by Crippen LogP contribution is -2.39. The highest BCUT2D eigenvalue weighted by Crippen LogP contribution is 2.29. The molecular formula is C48H64F6N18O3. The molecule has 0 unspecified atom stereocenters. The van der Waals surface area contributed by atoms with Crippen LogP contribution in [0.3, 0.4) is 0 Å². The molecule has 0 aromatic carbocycles. The van der Waals surface area contributed by atoms with Crippen LogP contribution in [0.5, 0.6) is 0 Å². The van der Waals surface area contributed by atoms with Crippen LogP contribution < -0.4 is 31.9 Å². The molecule has 3 atom stereocenters. The van der Waals surface area contributed by atoms with E-state index in [0.717, 1.165) is 18.6 Å². The molecule has 3 amide bonds. The summed E-state index contributed by atoms with van der Waals surface area (Å²) in [7, 11) is 0. The maximum atomic E-state index is 13.5. The number of amides is 3. The molecule has 0 fully saturated rings. The summed E-state index contributed by atoms with van der Waals surface area (Å²) in [6.07, 6.45) is 10.3. The average Bonchev–Trinajstić information content (AvgIpc) is 4.14. The number of rotatable bonds is 17. The molecule has 0 spiro atoms. The Labute approximate surface area is 434 Å². The van der Waals surface area contributed by atoms with E-state index in [0.29, 0.717) is 91.3 Å². The molecule has 75 heavy (non-hydrogen) atoms. The topological polar surface area (TPSA) is 287 Å². The van der Waals surface area contributed by atoms with Gasteiger partial charge >= 0.3 is 0 Å². The predicted octanol–water partition coefficient (Wildman–Crippen LogP) is 8.45. The molecule has 9 aromatic rings. The first-order valence-corrected chi connectivity index (χ1v) is 23.0. The number of aromatic nitrogens is 12. The summed E-state index contributed by atoms with van der Waals surface area (Å²) in [5.41, 5.74) is 3.36. The van der Waals surface area contributed by atoms with Gasteiger partial charge in [-0.15, -0.1) is 0 Å². The van der Waals surface area contributed by atoms with Gasteiger partial charge in [-0.3, -0.25) is 14.4 Å². The van der Waals surface area contributed by atoms with E-state index in [2.05, 4.69) is 91.7 Å². The Balaban J connectivity index is 0. The van der Waals surface area contributed by atoms with Crippen molar-refractivity contribution in [3.8, 4) is 34.2 Å². The van der Waals surface area contributed by atoms with Gasteiger partial charge in [-0.25, -0.2) is 71.2 Å². The first-order chi connectivity index (χ1) is 36.1. The van der Waals surface area contributed by atoms with Crippen LogP contribution in [0.15, 0.2) is 92.2 Å². The van der Waals surface area contributed by atoms with Crippen molar-refractivity contribution in [1.82, 2.24) is 75.8 Å². The Morgan fingerprint density at radius 1 is 0.547 bits per heavy atom. The summed E-state index contributed by atoms with van der Waals surface area (Å²) in [4.78, 5) is 81.7. The molecule has 0 aliphatic rings. The van der Waals surface area contributed by atoms with E-state index >= 15 is 0 Å². The Hall–Kier alpha value is -9.30. The highest BCUT2D eigenvalue weighted by atomic mass is 19.3. The third-order valence-electron chi connectivity index (χ3n) is 10.6. The van der Waals surface area contributed by atoms with E-state index in [1.807, 2.05) is 6.92 Å². The maximum absolute atomic E-state index is 13.5. The molecule has 0 bridgehead atoms. The van der Waals surface area contributed by atoms with Gasteiger partial charge in [0, 0.05) is 94.5 Å². The number of alkyl halides is 3. The zero-order valence-electron chi connectivity index (χ0n) is 40.3. The van der Waals surface area contributed by atoms with Gasteiger partial charge in [-0.1, -0.05) is 0 Å². The summed E-state index contributed by atoms with van der Waals surface area (Å²) in [6.45, 7) is 5.96. The maximum Gasteiger partial charge on any atom is 0.255 e. The summed E-state index contributed by atoms with van der Waals surface area (Å²) < 4.78 is 76.8. The monoisotopic (exact) mass is 1050 g/mol. The van der Waals surface area contributed by atoms with Gasteiger partial charge in [0.1, 0.15) is 76.6 Å². The molecule has 9 aromatic heterocycles. The Morgan fingerprint density at radius 2 is 0.893 bits per heavy atom. The van der Waals surface area contributed by atoms with Gasteiger partial charge in [-0.2, -0.15) is 0 Å². The number of anilines is 3. The molecule has 0 radical (unpaired) electrons. The molecule has 21 nitrogen and oxygen atoms in total. The standard InChI is InChI=1S/C16H15F3N6O.C16H16F2N6O.C16H17FN6O.8H2/c1-8(16(26)23-7-12(18)19)24-13-2-3-20-15(25-13)11-6-22-14-10(11)4-9(17)5-21-14;1-9(16(25)20-5-3-17)23-13-2-4-19-15(24-13)12-8-22-14-11(12)6-10(18)7-21-14;1-3-18-16(24)9(2)22-13-4-5-19-15(23-13)12-8-21-14-11(12)6-10(17)7-20-14;;;;;;;;/h2-6,8,12H,7H2,1H3,(H,21,22)(H,23,26)(H,20,24,25);2,4,6-9H,3,5H2,1H3,(H,20,25)(H,21,22)(H,19,23,24);4-9H,3H2,1-2H3,(H,18,24)(H,20,21)(H,19,22,23);8*1H/t8-;2*9-;;;;;;;;/m111......../s1. The van der Waals surface area contributed by atoms with Crippen LogP contribution in [0, 0.1) is 17.5 Å². The van der Waals surface area contributed by atoms with E-state index < -0.39 is 61.1 Å². The SMILES string of the molecule is CCNC(=O)[C@@H](C)Nc1ccnc(-c2c[nH]c3ncc(F)cc23)n1.C[C@@H](Nc1ccnc(-c2c[nH]c3ncc(F)cc23)n1)C(=O)NCC(F)F.C[C@@H](Nc1ccnc(-c2c[nH]c3ncc(F)cc23)n1)C(=O)NCCF.[HH].[HH].[HH].[HH].[HH].[HH].[HH].[HH]. The summed E-state index contributed by atoms with van der Waals surface area (Å²) in [5, 5.41) is 17.8. The highest BCUT2D eigenvalue weighted by molar-refractivity contribution is 5.94. The van der Waals surface area contributed by atoms with Crippen molar-refractivity contribution in [3.05, 3.63) is 110 Å². The number of nitrogens with zero attached hydrogens (tertiary/aromatic N) is 9. The minimum Gasteiger partial charge on any atom is -0.359 e. The largest absolute Gasteiger partial charge is 0.359 e. The van der Waals surface area contributed by atoms with E-state index in [4.69, 9.17) is 0 Å². The Kier molecular flexibility index (Phi) is 17.8. The number of nitrogens with one attached hydrogen (secondary N) is 9. The van der Waals surface area contributed by atoms with Crippen molar-refractivity contribution in [1.29, 1.82) is 0 Å². The second-order valence-corrected chi connectivity index (χ2v) is 16.2. The number of carbonyl (C=O) groups excluding carboxylic acids is 3. The third-order valence-corrected chi connectivity index (χ3v) is 10.6. The van der Waals surface area contributed by atoms with Gasteiger partial charge in [0.2, 0.25) is 17.7 Å². The molecule has 406 valence electrons. The van der Waals surface area contributed by atoms with Crippen LogP contribution in [-0.4, -0.2) is 128 Å². The zero-order chi connectivity index (χ0) is 53.6. The lowest BCUT2D eigenvalue weighted by Gasteiger charge is -2.14. The summed E-state index contributed by atoms with van der Waals surface area (Å²) >= 11 is 0. The van der Waals surface area contributed by atoms with Gasteiger partial charge in [0.25, 0.3) is 6.43 Å². The van der Waals surface area contributed by atoms with E-state index in [9.17, 15) is 40.7 Å². The summed E-state index contributed by atoms with van der Waals surface area (Å²) in [6, 6.07) is 7.05. The lowest BCUT2D eigenvalue weighted by atomic mass is 10.2. The number of H-pyrrole nitrogens is 3. The lowest BCUT2D eigenvalue weighted by molar-refractivity contribution is -0.122. The smallest absolute Gasteiger partial charge is 0.255 e. The van der Waals surface area contributed by atoms with Crippen LogP contribution in [0.2, 0.25) is 0 Å². The normalized spacial score (nSPS) is 12.2. The third kappa shape index (κ3) is 14.0. The number of hydrogen-bond donors (Lipinski definition) is 9. The molecular weight excluding hydrogens is 991 g/mol. The van der Waals surface area contributed by atoms with Gasteiger partial charge in [0.05, 0.1) is 25.1 Å². The van der Waals surface area contributed by atoms with Crippen LogP contribution in [0.1, 0.15) is 39.1 Å². The first kappa shape index (κ1) is 53.5. The highest BCUT2D eigenvalue weighted by Gasteiger charge is 2.19. The van der Waals surface area contributed by atoms with Crippen LogP contribution in [0.4, 0.5) is 43.8 Å². The van der Waals surface area contributed by atoms with Crippen LogP contribution >= 0.6 is 0 Å². The Bertz CT molecular complexity index is 3450. The van der Waals surface area contributed by atoms with Crippen molar-refractivity contribution < 1.29 is 52.1 Å². The summed E-state index contributed by atoms with van der Waals surface area (Å²) in [5.74, 6) is -0.0654. The number of likely N-dealkylation sites (N-methyl/N-ethyl adjacent to an activating group) is 1. The zero-order valence-corrected chi connectivity index (χ0v) is 40.3. The second kappa shape index (κ2) is 24.9. The number of hydrogen-bond acceptors (Lipinski definition) is 15. The molecule has 9 heterocycles. The number of aromatic amines is 3. The second-order valence-electron chi connectivity index (χ2n) is 16.2. The average molecular weight is 1060 g/mol. The van der Waals surface area contributed by atoms with Crippen molar-refractivity contribution in [2.75, 3.05) is 42.3 Å². The fraction of sp³-hybridized carbons (Fsp3) is 0.250. The Morgan fingerprint density at radius 3 is 1.23 bits per heavy atom. The molecule has 0 aliphatic carbocycles. The minimum atomic E-state index is -2.62. The van der Waals surface area contributed by atoms with E-state index in [1.165, 1.54) is 43.6 Å². The van der Waals surface area contributed by atoms with Crippen molar-refractivity contribution in [3.63, 3.8) is 0 Å². The molecule has 0 aliphatic heterocycles. The van der Waals surface area contributed by atoms with Gasteiger partial charge in [0.15, 0.2) is 17.5 Å². The quantitative estimate of drug-likeness (QED) is 0.0387. The van der Waals surface area contributed by atoms with Crippen molar-refractivity contribution in [2.24, 2.45) is 0 Å². The molecule has 0 saturated heterocycles. The van der Waals surface area contributed by atoms with Crippen molar-refractivity contribution in [2.45, 2.75) is 52.2 Å². The van der Waals surface area contributed by atoms with E-state index in [1.54, 1.807) is 50.8 Å². The molecule has 27 heteroatoms. The van der Waals surface area contributed by atoms with Crippen molar-refractivity contribution >= 4 is 68.3 Å². The molecule has 9 N–H and O–H groups in total. The number of fused-ring (bicyclic) bond motifs is 3. The van der Waals surface area contributed by atoms with Crippen LogP contribution in [-0.2, 0) is 14.4 Å². The van der Waals surface area contributed by atoms with Crippen LogP contribution in [0.25, 0.3) is 67.3 Å². The van der Waals surface area contributed by atoms with E-state index in [-0.39, 0.29) is 29.8 Å². The predicted molar refractivity (Wildman–Crippen MR) is 284 cm³/mol. The number of pyridine rings is 3. The first-order valence-electron chi connectivity index (χ1n) is 23.0. The number of halogens is 6. The minimum absolute atomic E-state index is 0. The van der Waals surface area contributed by atoms with Gasteiger partial charge < -0.3 is 46.9 Å². The fourth-order valence-corrected chi connectivity index (χ4v) is 7.04. The number of carbonyl (C=O) groups is 3. The van der Waals surface area contributed by atoms with Gasteiger partial charge in [-0.05, 0) is 64.1 Å². The molecule has 0 saturated carbocycles. The molecule has 9 rings (SSSR count). The fourth-order valence-electron chi connectivity index (χ4n) is 7.04.